The molecule has 2 heterocycles. The highest BCUT2D eigenvalue weighted by atomic mass is 35.5. The Kier molecular flexibility index (Phi) is 12.8. The van der Waals surface area contributed by atoms with Gasteiger partial charge in [0.2, 0.25) is 0 Å². The van der Waals surface area contributed by atoms with Crippen molar-refractivity contribution in [1.82, 2.24) is 9.97 Å². The van der Waals surface area contributed by atoms with Crippen molar-refractivity contribution in [3.63, 3.8) is 0 Å². The third-order valence-corrected chi connectivity index (χ3v) is 17.8. The topological polar surface area (TPSA) is 73.8 Å². The molecule has 0 N–H and O–H groups in total. The molecule has 3 aliphatic rings. The van der Waals surface area contributed by atoms with E-state index in [-0.39, 0.29) is 17.1 Å². The number of rotatable bonds is 11. The lowest BCUT2D eigenvalue weighted by atomic mass is 9.69. The summed E-state index contributed by atoms with van der Waals surface area (Å²) in [5.41, 5.74) is 3.89. The molecule has 2 aliphatic carbocycles. The van der Waals surface area contributed by atoms with E-state index in [9.17, 15) is 4.79 Å². The molecule has 280 valence electrons. The van der Waals surface area contributed by atoms with Crippen molar-refractivity contribution in [3.8, 4) is 5.75 Å². The lowest BCUT2D eigenvalue weighted by Crippen LogP contribution is -2.50. The van der Waals surface area contributed by atoms with Crippen LogP contribution in [-0.4, -0.2) is 56.3 Å². The first kappa shape index (κ1) is 38.9. The molecule has 0 amide bonds. The van der Waals surface area contributed by atoms with Gasteiger partial charge in [-0.05, 0) is 134 Å². The smallest absolute Gasteiger partial charge is 0.337 e. The van der Waals surface area contributed by atoms with Gasteiger partial charge in [-0.15, -0.1) is 0 Å². The summed E-state index contributed by atoms with van der Waals surface area (Å²) < 4.78 is 19.0. The van der Waals surface area contributed by atoms with Gasteiger partial charge in [0, 0.05) is 36.3 Å². The van der Waals surface area contributed by atoms with Crippen LogP contribution in [0.25, 0.3) is 0 Å². The quantitative estimate of drug-likeness (QED) is 0.0629. The summed E-state index contributed by atoms with van der Waals surface area (Å²) in [6.45, 7) is 14.0. The standard InChI is InChI=1S/C42H56ClN3O4SSi/c1-42(2,3)52(5,6)50-38(19-15-29-11-12-34(29)28-51-41-44-21-9-22-45-41)36-18-14-32(36)26-46-23-8-7-10-30-24-35(43)17-13-33(30)27-49-39-20-16-31(25-37(39)46)40(47)48-4/h9,13,15-17,19-22,24-25,29,32,34,36,38H,7-8,10-12,14,18,23,26-28H2,1-6H3/b19-15-/t29-,32-,34-,36+,38?/m0/s1. The molecule has 1 unspecified atom stereocenters. The van der Waals surface area contributed by atoms with E-state index in [0.717, 1.165) is 78.1 Å². The third-order valence-electron chi connectivity index (χ3n) is 12.0. The molecule has 3 aromatic rings. The van der Waals surface area contributed by atoms with Gasteiger partial charge in [0.05, 0.1) is 24.5 Å². The van der Waals surface area contributed by atoms with Crippen LogP contribution in [0.15, 0.2) is 72.2 Å². The Morgan fingerprint density at radius 1 is 1.06 bits per heavy atom. The van der Waals surface area contributed by atoms with Crippen molar-refractivity contribution in [2.24, 2.45) is 23.7 Å². The minimum Gasteiger partial charge on any atom is -0.487 e. The number of aromatic nitrogens is 2. The largest absolute Gasteiger partial charge is 0.487 e. The van der Waals surface area contributed by atoms with Gasteiger partial charge in [0.25, 0.3) is 0 Å². The molecule has 2 fully saturated rings. The number of halogens is 1. The molecule has 5 atom stereocenters. The monoisotopic (exact) mass is 761 g/mol. The zero-order valence-corrected chi connectivity index (χ0v) is 34.3. The van der Waals surface area contributed by atoms with E-state index >= 15 is 0 Å². The van der Waals surface area contributed by atoms with E-state index < -0.39 is 8.32 Å². The fourth-order valence-corrected chi connectivity index (χ4v) is 9.89. The van der Waals surface area contributed by atoms with Crippen LogP contribution in [0.2, 0.25) is 23.2 Å². The molecular formula is C42H56ClN3O4SSi. The number of hydrogen-bond acceptors (Lipinski definition) is 8. The molecule has 6 rings (SSSR count). The van der Waals surface area contributed by atoms with Crippen molar-refractivity contribution >= 4 is 43.3 Å². The summed E-state index contributed by atoms with van der Waals surface area (Å²) in [4.78, 5) is 24.1. The number of allylic oxidation sites excluding steroid dienone is 1. The molecule has 7 nitrogen and oxygen atoms in total. The van der Waals surface area contributed by atoms with Crippen molar-refractivity contribution in [2.75, 3.05) is 30.9 Å². The third kappa shape index (κ3) is 9.44. The van der Waals surface area contributed by atoms with Crippen LogP contribution >= 0.6 is 23.4 Å². The molecule has 2 aromatic carbocycles. The van der Waals surface area contributed by atoms with Gasteiger partial charge in [-0.2, -0.15) is 0 Å². The Bertz CT molecular complexity index is 1700. The first-order valence-corrected chi connectivity index (χ1v) is 23.3. The Balaban J connectivity index is 1.23. The van der Waals surface area contributed by atoms with Crippen LogP contribution in [0.3, 0.4) is 0 Å². The van der Waals surface area contributed by atoms with Crippen LogP contribution in [-0.2, 0) is 22.2 Å². The maximum atomic E-state index is 12.7. The number of nitrogens with zero attached hydrogens (tertiary/aromatic N) is 3. The zero-order chi connectivity index (χ0) is 36.9. The highest BCUT2D eigenvalue weighted by molar-refractivity contribution is 7.99. The van der Waals surface area contributed by atoms with E-state index in [2.05, 4.69) is 73.0 Å². The molecule has 0 radical (unpaired) electrons. The maximum absolute atomic E-state index is 12.7. The van der Waals surface area contributed by atoms with Gasteiger partial charge in [-0.1, -0.05) is 62.4 Å². The molecule has 0 spiro atoms. The van der Waals surface area contributed by atoms with E-state index in [4.69, 9.17) is 25.5 Å². The Morgan fingerprint density at radius 2 is 1.85 bits per heavy atom. The molecule has 10 heteroatoms. The summed E-state index contributed by atoms with van der Waals surface area (Å²) >= 11 is 8.18. The second-order valence-electron chi connectivity index (χ2n) is 16.4. The van der Waals surface area contributed by atoms with Crippen molar-refractivity contribution in [1.29, 1.82) is 0 Å². The van der Waals surface area contributed by atoms with Crippen molar-refractivity contribution in [3.05, 3.63) is 88.7 Å². The Hall–Kier alpha value is -2.85. The number of fused-ring (bicyclic) bond motifs is 2. The number of thioether (sulfide) groups is 1. The van der Waals surface area contributed by atoms with Gasteiger partial charge in [-0.25, -0.2) is 14.8 Å². The number of esters is 1. The number of anilines is 1. The number of hydrogen-bond donors (Lipinski definition) is 0. The summed E-state index contributed by atoms with van der Waals surface area (Å²) in [6, 6.07) is 13.7. The molecule has 1 aromatic heterocycles. The SMILES string of the molecule is COC(=O)c1ccc2c(c1)N(C[C@@H]1CC[C@H]1C(/C=C\[C@@H]1CC[C@H]1CSc1ncccn1)O[Si](C)(C)C(C)(C)C)CCCCc1cc(Cl)ccc1CO2. The number of carbonyl (C=O) groups is 1. The molecule has 0 bridgehead atoms. The number of methoxy groups -OCH3 is 1. The predicted octanol–water partition coefficient (Wildman–Crippen LogP) is 10.4. The van der Waals surface area contributed by atoms with Crippen LogP contribution in [0.4, 0.5) is 5.69 Å². The Morgan fingerprint density at radius 3 is 2.54 bits per heavy atom. The van der Waals surface area contributed by atoms with Crippen LogP contribution in [0.1, 0.15) is 80.8 Å². The van der Waals surface area contributed by atoms with E-state index in [1.165, 1.54) is 25.5 Å². The Labute approximate surface area is 321 Å². The van der Waals surface area contributed by atoms with Gasteiger partial charge in [0.1, 0.15) is 12.4 Å². The molecule has 0 saturated heterocycles. The predicted molar refractivity (Wildman–Crippen MR) is 215 cm³/mol. The summed E-state index contributed by atoms with van der Waals surface area (Å²) in [6.07, 6.45) is 16.4. The fraction of sp³-hybridized carbons (Fsp3) is 0.548. The molecule has 1 aliphatic heterocycles. The van der Waals surface area contributed by atoms with Crippen LogP contribution in [0.5, 0.6) is 5.75 Å². The fourth-order valence-electron chi connectivity index (χ4n) is 7.36. The first-order chi connectivity index (χ1) is 24.9. The first-order valence-electron chi connectivity index (χ1n) is 19.0. The second kappa shape index (κ2) is 17.1. The van der Waals surface area contributed by atoms with E-state index in [1.807, 2.05) is 42.7 Å². The zero-order valence-electron chi connectivity index (χ0n) is 31.8. The van der Waals surface area contributed by atoms with Crippen molar-refractivity contribution in [2.45, 2.75) is 102 Å². The number of aryl methyl sites for hydroxylation is 1. The van der Waals surface area contributed by atoms with Crippen molar-refractivity contribution < 1.29 is 18.7 Å². The van der Waals surface area contributed by atoms with Gasteiger partial charge in [-0.3, -0.25) is 0 Å². The number of benzene rings is 2. The number of ether oxygens (including phenoxy) is 2. The average molecular weight is 763 g/mol. The van der Waals surface area contributed by atoms with Gasteiger partial charge < -0.3 is 18.8 Å². The van der Waals surface area contributed by atoms with Gasteiger partial charge >= 0.3 is 5.97 Å². The highest BCUT2D eigenvalue weighted by Crippen LogP contribution is 2.46. The number of carbonyl (C=O) groups excluding carboxylic acids is 1. The van der Waals surface area contributed by atoms with Gasteiger partial charge in [0.15, 0.2) is 13.5 Å². The summed E-state index contributed by atoms with van der Waals surface area (Å²) in [7, 11) is -0.615. The van der Waals surface area contributed by atoms with Crippen LogP contribution in [0, 0.1) is 23.7 Å². The summed E-state index contributed by atoms with van der Waals surface area (Å²) in [5, 5.41) is 1.73. The minimum atomic E-state index is -2.05. The maximum Gasteiger partial charge on any atom is 0.337 e. The lowest BCUT2D eigenvalue weighted by molar-refractivity contribution is 0.0524. The normalized spacial score (nSPS) is 22.9. The second-order valence-corrected chi connectivity index (χ2v) is 22.5. The molecule has 2 saturated carbocycles. The average Bonchev–Trinajstić information content (AvgIpc) is 3.12. The van der Waals surface area contributed by atoms with E-state index in [1.54, 1.807) is 11.8 Å². The highest BCUT2D eigenvalue weighted by Gasteiger charge is 2.44. The molecule has 52 heavy (non-hydrogen) atoms. The lowest BCUT2D eigenvalue weighted by Gasteiger charge is -2.48. The van der Waals surface area contributed by atoms with E-state index in [0.29, 0.717) is 35.8 Å². The minimum absolute atomic E-state index is 0.0753. The molecular weight excluding hydrogens is 706 g/mol. The summed E-state index contributed by atoms with van der Waals surface area (Å²) in [5.74, 6) is 3.57. The van der Waals surface area contributed by atoms with Crippen LogP contribution < -0.4 is 9.64 Å².